The van der Waals surface area contributed by atoms with Crippen molar-refractivity contribution in [2.24, 2.45) is 0 Å². The number of aromatic nitrogens is 3. The average molecular weight is 451 g/mol. The molecule has 0 fully saturated rings. The van der Waals surface area contributed by atoms with Crippen LogP contribution >= 0.6 is 0 Å². The second kappa shape index (κ2) is 13.6. The Morgan fingerprint density at radius 3 is 1.97 bits per heavy atom. The van der Waals surface area contributed by atoms with Crippen LogP contribution in [0.15, 0.2) is 0 Å². The number of hydrogen-bond donors (Lipinski definition) is 1. The molecule has 1 rings (SSSR count). The van der Waals surface area contributed by atoms with Crippen LogP contribution in [0.1, 0.15) is 32.0 Å². The summed E-state index contributed by atoms with van der Waals surface area (Å²) in [6.45, 7) is 4.59. The molecule has 0 aromatic carbocycles. The Balaban J connectivity index is 2.52. The van der Waals surface area contributed by atoms with E-state index in [4.69, 9.17) is 26.6 Å². The number of aryl methyl sites for hydroxylation is 2. The minimum absolute atomic E-state index is 0.662. The third kappa shape index (κ3) is 7.19. The fourth-order valence-electron chi connectivity index (χ4n) is 3.10. The standard InChI is InChI=1S/C17H38N4O6Si2/c1-8-14-21-17(29(25-5,26-6)27-7)19-16(20-21)11-9-12-18-13-10-15-28(22-2,23-3)24-4/h18H,8-15H2,1-7H3. The molecule has 0 aliphatic carbocycles. The summed E-state index contributed by atoms with van der Waals surface area (Å²) >= 11 is 0. The van der Waals surface area contributed by atoms with Crippen molar-refractivity contribution in [3.63, 3.8) is 0 Å². The van der Waals surface area contributed by atoms with E-state index in [1.807, 2.05) is 4.68 Å². The van der Waals surface area contributed by atoms with Crippen molar-refractivity contribution in [1.82, 2.24) is 20.1 Å². The van der Waals surface area contributed by atoms with Gasteiger partial charge in [-0.1, -0.05) is 6.92 Å². The van der Waals surface area contributed by atoms with E-state index in [1.54, 1.807) is 42.7 Å². The lowest BCUT2D eigenvalue weighted by atomic mass is 10.3. The average Bonchev–Trinajstić information content (AvgIpc) is 3.16. The van der Waals surface area contributed by atoms with Crippen molar-refractivity contribution in [3.8, 4) is 0 Å². The summed E-state index contributed by atoms with van der Waals surface area (Å²) in [6.07, 6.45) is 3.57. The van der Waals surface area contributed by atoms with Crippen LogP contribution in [0.4, 0.5) is 0 Å². The first kappa shape index (κ1) is 26.3. The predicted octanol–water partition coefficient (Wildman–Crippen LogP) is 0.564. The van der Waals surface area contributed by atoms with Gasteiger partial charge in [-0.2, -0.15) is 5.10 Å². The number of nitrogens with one attached hydrogen (secondary N) is 1. The highest BCUT2D eigenvalue weighted by molar-refractivity contribution is 6.73. The molecule has 0 radical (unpaired) electrons. The van der Waals surface area contributed by atoms with Crippen LogP contribution < -0.4 is 10.8 Å². The molecule has 1 aromatic rings. The van der Waals surface area contributed by atoms with Crippen LogP contribution in [0.3, 0.4) is 0 Å². The van der Waals surface area contributed by atoms with Gasteiger partial charge in [-0.25, -0.2) is 9.67 Å². The van der Waals surface area contributed by atoms with Gasteiger partial charge in [0.15, 0.2) is 11.3 Å². The van der Waals surface area contributed by atoms with Gasteiger partial charge in [0.1, 0.15) is 0 Å². The third-order valence-electron chi connectivity index (χ3n) is 4.75. The SMILES string of the molecule is CCCn1nc(CCCNCCC[Si](OC)(OC)OC)nc1[Si](OC)(OC)OC. The second-order valence-corrected chi connectivity index (χ2v) is 12.4. The summed E-state index contributed by atoms with van der Waals surface area (Å²) in [5.41, 5.74) is 0.662. The van der Waals surface area contributed by atoms with E-state index in [0.29, 0.717) is 5.45 Å². The molecule has 10 nitrogen and oxygen atoms in total. The molecule has 1 heterocycles. The van der Waals surface area contributed by atoms with Crippen LogP contribution in [0.2, 0.25) is 6.04 Å². The predicted molar refractivity (Wildman–Crippen MR) is 114 cm³/mol. The van der Waals surface area contributed by atoms with Crippen molar-refractivity contribution in [3.05, 3.63) is 5.82 Å². The molecular formula is C17H38N4O6Si2. The molecule has 0 saturated heterocycles. The Morgan fingerprint density at radius 2 is 1.45 bits per heavy atom. The summed E-state index contributed by atoms with van der Waals surface area (Å²) in [6, 6.07) is 0.785. The first-order chi connectivity index (χ1) is 14.0. The molecule has 0 bridgehead atoms. The Hall–Kier alpha value is -0.706. The van der Waals surface area contributed by atoms with Crippen molar-refractivity contribution < 1.29 is 26.6 Å². The molecule has 0 atom stereocenters. The van der Waals surface area contributed by atoms with E-state index in [-0.39, 0.29) is 0 Å². The topological polar surface area (TPSA) is 98.1 Å². The smallest absolute Gasteiger partial charge is 0.377 e. The molecule has 1 N–H and O–H groups in total. The van der Waals surface area contributed by atoms with Crippen LogP contribution in [0, 0.1) is 0 Å². The van der Waals surface area contributed by atoms with Crippen LogP contribution in [-0.2, 0) is 39.5 Å². The normalized spacial score (nSPS) is 12.7. The summed E-state index contributed by atoms with van der Waals surface area (Å²) in [5.74, 6) is 0.780. The Labute approximate surface area is 176 Å². The van der Waals surface area contributed by atoms with Gasteiger partial charge in [0, 0.05) is 61.7 Å². The van der Waals surface area contributed by atoms with Gasteiger partial charge in [0.05, 0.1) is 0 Å². The van der Waals surface area contributed by atoms with Gasteiger partial charge in [-0.15, -0.1) is 0 Å². The maximum atomic E-state index is 5.58. The largest absolute Gasteiger partial charge is 0.575 e. The quantitative estimate of drug-likeness (QED) is 0.270. The third-order valence-corrected chi connectivity index (χ3v) is 10.1. The number of nitrogens with zero attached hydrogens (tertiary/aromatic N) is 3. The highest BCUT2D eigenvalue weighted by Gasteiger charge is 2.46. The van der Waals surface area contributed by atoms with Gasteiger partial charge < -0.3 is 31.9 Å². The number of hydrogen-bond acceptors (Lipinski definition) is 9. The lowest BCUT2D eigenvalue weighted by Gasteiger charge is -2.24. The Morgan fingerprint density at radius 1 is 0.862 bits per heavy atom. The van der Waals surface area contributed by atoms with Crippen LogP contribution in [0.5, 0.6) is 0 Å². The van der Waals surface area contributed by atoms with Gasteiger partial charge in [0.25, 0.3) is 0 Å². The zero-order valence-electron chi connectivity index (χ0n) is 18.9. The molecule has 1 aromatic heterocycles. The summed E-state index contributed by atoms with van der Waals surface area (Å²) in [5, 5.41) is 8.08. The Bertz CT molecular complexity index is 554. The summed E-state index contributed by atoms with van der Waals surface area (Å²) in [7, 11) is 4.19. The monoisotopic (exact) mass is 450 g/mol. The molecule has 0 amide bonds. The molecule has 0 aliphatic heterocycles. The van der Waals surface area contributed by atoms with E-state index in [1.165, 1.54) is 0 Å². The van der Waals surface area contributed by atoms with E-state index < -0.39 is 17.6 Å². The number of rotatable bonds is 17. The van der Waals surface area contributed by atoms with E-state index in [9.17, 15) is 0 Å². The summed E-state index contributed by atoms with van der Waals surface area (Å²) < 4.78 is 34.9. The van der Waals surface area contributed by atoms with Crippen molar-refractivity contribution in [2.75, 3.05) is 55.7 Å². The van der Waals surface area contributed by atoms with Gasteiger partial charge in [-0.3, -0.25) is 0 Å². The first-order valence-electron chi connectivity index (χ1n) is 9.96. The van der Waals surface area contributed by atoms with Gasteiger partial charge >= 0.3 is 17.6 Å². The van der Waals surface area contributed by atoms with E-state index in [2.05, 4.69) is 22.3 Å². The van der Waals surface area contributed by atoms with Crippen molar-refractivity contribution in [1.29, 1.82) is 0 Å². The van der Waals surface area contributed by atoms with Crippen LogP contribution in [0.25, 0.3) is 0 Å². The van der Waals surface area contributed by atoms with Gasteiger partial charge in [0.2, 0.25) is 0 Å². The van der Waals surface area contributed by atoms with E-state index in [0.717, 1.165) is 57.2 Å². The zero-order valence-corrected chi connectivity index (χ0v) is 20.9. The fourth-order valence-corrected chi connectivity index (χ4v) is 6.61. The molecule has 170 valence electrons. The van der Waals surface area contributed by atoms with Crippen molar-refractivity contribution >= 4 is 23.1 Å². The molecular weight excluding hydrogens is 412 g/mol. The zero-order chi connectivity index (χ0) is 21.8. The highest BCUT2D eigenvalue weighted by Crippen LogP contribution is 2.14. The molecule has 0 saturated carbocycles. The van der Waals surface area contributed by atoms with Gasteiger partial charge in [-0.05, 0) is 32.4 Å². The maximum absolute atomic E-state index is 5.58. The molecule has 0 unspecified atom stereocenters. The molecule has 29 heavy (non-hydrogen) atoms. The fraction of sp³-hybridized carbons (Fsp3) is 0.882. The van der Waals surface area contributed by atoms with Crippen LogP contribution in [-0.4, -0.2) is 88.1 Å². The molecule has 0 aliphatic rings. The minimum Gasteiger partial charge on any atom is -0.377 e. The second-order valence-electron chi connectivity index (χ2n) is 6.50. The lowest BCUT2D eigenvalue weighted by Crippen LogP contribution is -2.58. The molecule has 12 heteroatoms. The first-order valence-corrected chi connectivity index (χ1v) is 13.6. The maximum Gasteiger partial charge on any atom is 0.575 e. The highest BCUT2D eigenvalue weighted by atomic mass is 28.4. The summed E-state index contributed by atoms with van der Waals surface area (Å²) in [4.78, 5) is 4.68. The molecule has 0 spiro atoms. The lowest BCUT2D eigenvalue weighted by molar-refractivity contribution is 0.123. The minimum atomic E-state index is -3.01. The van der Waals surface area contributed by atoms with E-state index >= 15 is 0 Å². The van der Waals surface area contributed by atoms with Crippen molar-refractivity contribution in [2.45, 2.75) is 45.2 Å². The Kier molecular flexibility index (Phi) is 12.3.